The van der Waals surface area contributed by atoms with E-state index < -0.39 is 12.0 Å². The molecule has 0 saturated heterocycles. The lowest BCUT2D eigenvalue weighted by Gasteiger charge is -2.24. The van der Waals surface area contributed by atoms with Gasteiger partial charge in [0.1, 0.15) is 0 Å². The van der Waals surface area contributed by atoms with E-state index in [0.717, 1.165) is 16.7 Å². The van der Waals surface area contributed by atoms with Crippen molar-refractivity contribution in [3.8, 4) is 0 Å². The minimum absolute atomic E-state index is 0.196. The zero-order valence-corrected chi connectivity index (χ0v) is 19.0. The van der Waals surface area contributed by atoms with Crippen molar-refractivity contribution in [3.63, 3.8) is 0 Å². The first-order valence-corrected chi connectivity index (χ1v) is 11.1. The number of carbonyl (C=O) groups excluding carboxylic acids is 1. The Kier molecular flexibility index (Phi) is 5.94. The number of aromatic nitrogens is 1. The van der Waals surface area contributed by atoms with Crippen LogP contribution in [0.25, 0.3) is 6.08 Å². The highest BCUT2D eigenvalue weighted by atomic mass is 35.5. The molecule has 1 atom stereocenters. The van der Waals surface area contributed by atoms with Crippen molar-refractivity contribution in [2.24, 2.45) is 4.99 Å². The SMILES string of the molecule is CCOC(=O)C1=C(C)N=c2s/c(=C/c3ccc(C)cc3)c(=O)n2[C@@H]1c1ccc(Cl)cc1. The molecular weight excluding hydrogens is 432 g/mol. The zero-order chi connectivity index (χ0) is 22.1. The van der Waals surface area contributed by atoms with E-state index in [2.05, 4.69) is 4.99 Å². The molecule has 4 rings (SSSR count). The number of hydrogen-bond acceptors (Lipinski definition) is 5. The molecule has 5 nitrogen and oxygen atoms in total. The van der Waals surface area contributed by atoms with Gasteiger partial charge < -0.3 is 4.74 Å². The highest BCUT2D eigenvalue weighted by molar-refractivity contribution is 7.07. The Morgan fingerprint density at radius 3 is 2.48 bits per heavy atom. The van der Waals surface area contributed by atoms with E-state index in [-0.39, 0.29) is 12.2 Å². The summed E-state index contributed by atoms with van der Waals surface area (Å²) in [6.45, 7) is 5.78. The molecule has 0 aliphatic carbocycles. The Morgan fingerprint density at radius 1 is 1.16 bits per heavy atom. The molecule has 0 amide bonds. The molecule has 0 N–H and O–H groups in total. The number of halogens is 1. The van der Waals surface area contributed by atoms with E-state index in [4.69, 9.17) is 16.3 Å². The Bertz CT molecular complexity index is 1350. The minimum Gasteiger partial charge on any atom is -0.463 e. The topological polar surface area (TPSA) is 60.7 Å². The van der Waals surface area contributed by atoms with Crippen LogP contribution in [0.3, 0.4) is 0 Å². The average molecular weight is 453 g/mol. The van der Waals surface area contributed by atoms with Crippen LogP contribution in [0.4, 0.5) is 0 Å². The number of allylic oxidation sites excluding steroid dienone is 1. The summed E-state index contributed by atoms with van der Waals surface area (Å²) in [6.07, 6.45) is 1.85. The number of ether oxygens (including phenoxy) is 1. The van der Waals surface area contributed by atoms with Gasteiger partial charge >= 0.3 is 5.97 Å². The summed E-state index contributed by atoms with van der Waals surface area (Å²) in [4.78, 5) is 31.4. The lowest BCUT2D eigenvalue weighted by Crippen LogP contribution is -2.39. The molecule has 0 fully saturated rings. The quantitative estimate of drug-likeness (QED) is 0.566. The Labute approximate surface area is 188 Å². The van der Waals surface area contributed by atoms with E-state index >= 15 is 0 Å². The zero-order valence-electron chi connectivity index (χ0n) is 17.4. The van der Waals surface area contributed by atoms with Crippen LogP contribution in [0.2, 0.25) is 5.02 Å². The van der Waals surface area contributed by atoms with Crippen molar-refractivity contribution < 1.29 is 9.53 Å². The van der Waals surface area contributed by atoms with Crippen LogP contribution in [0.1, 0.15) is 36.6 Å². The first-order valence-electron chi connectivity index (χ1n) is 9.91. The van der Waals surface area contributed by atoms with Crippen LogP contribution >= 0.6 is 22.9 Å². The van der Waals surface area contributed by atoms with Crippen LogP contribution in [0.5, 0.6) is 0 Å². The summed E-state index contributed by atoms with van der Waals surface area (Å²) in [5.74, 6) is -0.475. The van der Waals surface area contributed by atoms with E-state index in [1.165, 1.54) is 11.3 Å². The van der Waals surface area contributed by atoms with Gasteiger partial charge in [0.05, 0.1) is 28.5 Å². The van der Waals surface area contributed by atoms with Gasteiger partial charge in [-0.25, -0.2) is 9.79 Å². The third kappa shape index (κ3) is 4.13. The standard InChI is InChI=1S/C24H21ClN2O3S/c1-4-30-23(29)20-15(3)26-24-27(21(20)17-9-11-18(25)12-10-17)22(28)19(31-24)13-16-7-5-14(2)6-8-16/h5-13,21H,4H2,1-3H3/b19-13+/t21-/m1/s1. The van der Waals surface area contributed by atoms with Crippen LogP contribution < -0.4 is 14.9 Å². The summed E-state index contributed by atoms with van der Waals surface area (Å²) in [5, 5.41) is 0.578. The number of aryl methyl sites for hydroxylation is 1. The predicted octanol–water partition coefficient (Wildman–Crippen LogP) is 3.76. The summed E-state index contributed by atoms with van der Waals surface area (Å²) >= 11 is 7.38. The van der Waals surface area contributed by atoms with Gasteiger partial charge in [-0.2, -0.15) is 0 Å². The molecule has 0 saturated carbocycles. The third-order valence-electron chi connectivity index (χ3n) is 5.08. The van der Waals surface area contributed by atoms with Crippen LogP contribution in [-0.2, 0) is 9.53 Å². The van der Waals surface area contributed by atoms with Crippen molar-refractivity contribution >= 4 is 35.0 Å². The minimum atomic E-state index is -0.632. The highest BCUT2D eigenvalue weighted by Crippen LogP contribution is 2.31. The molecule has 0 unspecified atom stereocenters. The largest absolute Gasteiger partial charge is 0.463 e. The number of benzene rings is 2. The maximum absolute atomic E-state index is 13.4. The van der Waals surface area contributed by atoms with Crippen molar-refractivity contribution in [2.45, 2.75) is 26.8 Å². The van der Waals surface area contributed by atoms with Gasteiger partial charge in [-0.3, -0.25) is 9.36 Å². The normalized spacial score (nSPS) is 16.1. The Hall–Kier alpha value is -2.96. The second kappa shape index (κ2) is 8.65. The van der Waals surface area contributed by atoms with Gasteiger partial charge in [0.2, 0.25) is 0 Å². The van der Waals surface area contributed by atoms with E-state index in [1.54, 1.807) is 30.5 Å². The fourth-order valence-corrected chi connectivity index (χ4v) is 4.74. The number of hydrogen-bond donors (Lipinski definition) is 0. The molecule has 0 radical (unpaired) electrons. The fraction of sp³-hybridized carbons (Fsp3) is 0.208. The maximum atomic E-state index is 13.4. The highest BCUT2D eigenvalue weighted by Gasteiger charge is 2.33. The summed E-state index contributed by atoms with van der Waals surface area (Å²) in [5.41, 5.74) is 3.56. The molecular formula is C24H21ClN2O3S. The number of rotatable bonds is 4. The second-order valence-corrected chi connectivity index (χ2v) is 8.71. The summed E-state index contributed by atoms with van der Waals surface area (Å²) in [7, 11) is 0. The van der Waals surface area contributed by atoms with Crippen molar-refractivity contribution in [3.05, 3.63) is 101 Å². The van der Waals surface area contributed by atoms with E-state index in [9.17, 15) is 9.59 Å². The Balaban J connectivity index is 1.94. The van der Waals surface area contributed by atoms with Crippen LogP contribution in [0.15, 0.2) is 69.6 Å². The molecule has 31 heavy (non-hydrogen) atoms. The number of esters is 1. The molecule has 7 heteroatoms. The molecule has 1 aromatic heterocycles. The molecule has 158 valence electrons. The lowest BCUT2D eigenvalue weighted by molar-refractivity contribution is -0.139. The average Bonchev–Trinajstić information content (AvgIpc) is 3.04. The van der Waals surface area contributed by atoms with Gasteiger partial charge in [-0.05, 0) is 50.1 Å². The number of thiazole rings is 1. The van der Waals surface area contributed by atoms with Gasteiger partial charge in [0.15, 0.2) is 4.80 Å². The first kappa shape index (κ1) is 21.3. The number of carbonyl (C=O) groups is 1. The summed E-state index contributed by atoms with van der Waals surface area (Å²) in [6, 6.07) is 14.5. The van der Waals surface area contributed by atoms with Gasteiger partial charge in [-0.1, -0.05) is 64.9 Å². The van der Waals surface area contributed by atoms with Crippen LogP contribution in [-0.4, -0.2) is 17.1 Å². The van der Waals surface area contributed by atoms with Gasteiger partial charge in [0.25, 0.3) is 5.56 Å². The monoisotopic (exact) mass is 452 g/mol. The predicted molar refractivity (Wildman–Crippen MR) is 123 cm³/mol. The maximum Gasteiger partial charge on any atom is 0.338 e. The molecule has 1 aliphatic heterocycles. The number of nitrogens with zero attached hydrogens (tertiary/aromatic N) is 2. The van der Waals surface area contributed by atoms with Crippen LogP contribution in [0, 0.1) is 6.92 Å². The second-order valence-electron chi connectivity index (χ2n) is 7.26. The first-order chi connectivity index (χ1) is 14.9. The molecule has 3 aromatic rings. The molecule has 1 aliphatic rings. The van der Waals surface area contributed by atoms with E-state index in [1.807, 2.05) is 49.4 Å². The van der Waals surface area contributed by atoms with Crippen molar-refractivity contribution in [1.82, 2.24) is 4.57 Å². The molecule has 0 spiro atoms. The third-order valence-corrected chi connectivity index (χ3v) is 6.31. The van der Waals surface area contributed by atoms with Crippen molar-refractivity contribution in [1.29, 1.82) is 0 Å². The molecule has 2 aromatic carbocycles. The smallest absolute Gasteiger partial charge is 0.338 e. The lowest BCUT2D eigenvalue weighted by atomic mass is 9.96. The summed E-state index contributed by atoms with van der Waals surface area (Å²) < 4.78 is 7.42. The van der Waals surface area contributed by atoms with Gasteiger partial charge in [-0.15, -0.1) is 0 Å². The van der Waals surface area contributed by atoms with E-state index in [0.29, 0.717) is 25.6 Å². The molecule has 0 bridgehead atoms. The molecule has 2 heterocycles. The fourth-order valence-electron chi connectivity index (χ4n) is 3.57. The van der Waals surface area contributed by atoms with Crippen molar-refractivity contribution in [2.75, 3.05) is 6.61 Å². The number of fused-ring (bicyclic) bond motifs is 1. The van der Waals surface area contributed by atoms with Gasteiger partial charge in [0, 0.05) is 5.02 Å². The Morgan fingerprint density at radius 2 is 1.84 bits per heavy atom.